The van der Waals surface area contributed by atoms with Crippen molar-refractivity contribution in [2.24, 2.45) is 5.16 Å². The molecule has 23 heavy (non-hydrogen) atoms. The molecule has 1 N–H and O–H groups in total. The molecule has 1 amide bonds. The Morgan fingerprint density at radius 1 is 1.22 bits per heavy atom. The summed E-state index contributed by atoms with van der Waals surface area (Å²) in [7, 11) is 0. The van der Waals surface area contributed by atoms with Crippen molar-refractivity contribution in [3.8, 4) is 0 Å². The van der Waals surface area contributed by atoms with Crippen molar-refractivity contribution in [2.45, 2.75) is 25.5 Å². The number of hydrogen-bond acceptors (Lipinski definition) is 3. The van der Waals surface area contributed by atoms with Gasteiger partial charge in [0.05, 0.1) is 11.8 Å². The summed E-state index contributed by atoms with van der Waals surface area (Å²) in [6.07, 6.45) is -0.468. The van der Waals surface area contributed by atoms with Gasteiger partial charge in [0.25, 0.3) is 5.91 Å². The minimum absolute atomic E-state index is 0.134. The van der Waals surface area contributed by atoms with E-state index in [1.54, 1.807) is 18.2 Å². The molecule has 0 aromatic heterocycles. The zero-order chi connectivity index (χ0) is 16.2. The summed E-state index contributed by atoms with van der Waals surface area (Å²) < 4.78 is 13.8. The van der Waals surface area contributed by atoms with Crippen LogP contribution in [-0.2, 0) is 9.63 Å². The van der Waals surface area contributed by atoms with Crippen molar-refractivity contribution in [3.05, 3.63) is 71.5 Å². The molecule has 0 radical (unpaired) electrons. The Morgan fingerprint density at radius 2 is 1.91 bits per heavy atom. The van der Waals surface area contributed by atoms with Crippen LogP contribution in [-0.4, -0.2) is 17.7 Å². The Hall–Kier alpha value is -2.69. The van der Waals surface area contributed by atoms with Crippen LogP contribution in [0, 0.1) is 5.82 Å². The first-order valence-electron chi connectivity index (χ1n) is 7.48. The zero-order valence-electron chi connectivity index (χ0n) is 12.7. The predicted octanol–water partition coefficient (Wildman–Crippen LogP) is 3.20. The number of nitrogens with zero attached hydrogens (tertiary/aromatic N) is 1. The highest BCUT2D eigenvalue weighted by atomic mass is 19.1. The highest BCUT2D eigenvalue weighted by Crippen LogP contribution is 2.20. The predicted molar refractivity (Wildman–Crippen MR) is 85.4 cm³/mol. The van der Waals surface area contributed by atoms with Crippen LogP contribution in [0.15, 0.2) is 59.8 Å². The summed E-state index contributed by atoms with van der Waals surface area (Å²) in [5, 5.41) is 6.76. The van der Waals surface area contributed by atoms with Crippen molar-refractivity contribution >= 4 is 11.6 Å². The van der Waals surface area contributed by atoms with E-state index >= 15 is 0 Å². The van der Waals surface area contributed by atoms with Gasteiger partial charge >= 0.3 is 0 Å². The molecular weight excluding hydrogens is 295 g/mol. The monoisotopic (exact) mass is 312 g/mol. The lowest BCUT2D eigenvalue weighted by molar-refractivity contribution is -0.131. The van der Waals surface area contributed by atoms with Gasteiger partial charge in [-0.05, 0) is 18.6 Å². The van der Waals surface area contributed by atoms with Gasteiger partial charge < -0.3 is 10.2 Å². The van der Waals surface area contributed by atoms with Gasteiger partial charge in [-0.1, -0.05) is 53.7 Å². The molecule has 118 valence electrons. The third kappa shape index (κ3) is 3.39. The van der Waals surface area contributed by atoms with E-state index in [1.165, 1.54) is 6.07 Å². The Morgan fingerprint density at radius 3 is 2.65 bits per heavy atom. The Kier molecular flexibility index (Phi) is 4.37. The largest absolute Gasteiger partial charge is 0.382 e. The molecular formula is C18H17FN2O2. The van der Waals surface area contributed by atoms with Crippen LogP contribution in [0.3, 0.4) is 0 Å². The molecule has 0 bridgehead atoms. The second kappa shape index (κ2) is 6.60. The number of oxime groups is 1. The number of rotatable bonds is 4. The maximum absolute atomic E-state index is 13.8. The zero-order valence-corrected chi connectivity index (χ0v) is 12.7. The number of nitrogens with one attached hydrogen (secondary N) is 1. The molecule has 3 rings (SSSR count). The van der Waals surface area contributed by atoms with E-state index in [2.05, 4.69) is 10.5 Å². The summed E-state index contributed by atoms with van der Waals surface area (Å²) in [4.78, 5) is 17.5. The average molecular weight is 312 g/mol. The van der Waals surface area contributed by atoms with E-state index in [9.17, 15) is 9.18 Å². The minimum atomic E-state index is -0.726. The molecule has 0 saturated carbocycles. The number of carbonyl (C=O) groups excluding carboxylic acids is 1. The van der Waals surface area contributed by atoms with Gasteiger partial charge in [0.1, 0.15) is 5.82 Å². The molecule has 1 aliphatic heterocycles. The van der Waals surface area contributed by atoms with Crippen molar-refractivity contribution in [2.75, 3.05) is 0 Å². The molecule has 4 nitrogen and oxygen atoms in total. The molecule has 0 fully saturated rings. The molecule has 2 aromatic carbocycles. The summed E-state index contributed by atoms with van der Waals surface area (Å²) in [5.41, 5.74) is 1.84. The third-order valence-electron chi connectivity index (χ3n) is 3.80. The van der Waals surface area contributed by atoms with Crippen LogP contribution in [0.1, 0.15) is 30.5 Å². The molecule has 1 heterocycles. The van der Waals surface area contributed by atoms with Crippen molar-refractivity contribution in [1.29, 1.82) is 0 Å². The smallest absolute Gasteiger partial charge is 0.264 e. The Labute approximate surface area is 134 Å². The highest BCUT2D eigenvalue weighted by Gasteiger charge is 2.30. The normalized spacial score (nSPS) is 18.0. The quantitative estimate of drug-likeness (QED) is 0.942. The maximum atomic E-state index is 13.8. The van der Waals surface area contributed by atoms with Gasteiger partial charge in [0.15, 0.2) is 0 Å². The molecule has 0 spiro atoms. The SMILES string of the molecule is C[C@@H](NC(=O)[C@@H]1CC(c2ccccc2F)=NO1)c1ccccc1. The lowest BCUT2D eigenvalue weighted by Gasteiger charge is -2.16. The second-order valence-electron chi connectivity index (χ2n) is 5.46. The van der Waals surface area contributed by atoms with Gasteiger partial charge in [-0.3, -0.25) is 4.79 Å². The fourth-order valence-electron chi connectivity index (χ4n) is 2.50. The summed E-state index contributed by atoms with van der Waals surface area (Å²) in [6, 6.07) is 15.9. The van der Waals surface area contributed by atoms with E-state index in [-0.39, 0.29) is 24.2 Å². The molecule has 1 aliphatic rings. The maximum Gasteiger partial charge on any atom is 0.264 e. The number of amides is 1. The second-order valence-corrected chi connectivity index (χ2v) is 5.46. The van der Waals surface area contributed by atoms with Crippen LogP contribution >= 0.6 is 0 Å². The molecule has 0 unspecified atom stereocenters. The first-order valence-corrected chi connectivity index (χ1v) is 7.48. The first kappa shape index (κ1) is 15.2. The van der Waals surface area contributed by atoms with Gasteiger partial charge in [0, 0.05) is 12.0 Å². The third-order valence-corrected chi connectivity index (χ3v) is 3.80. The molecule has 5 heteroatoms. The molecule has 2 aromatic rings. The lowest BCUT2D eigenvalue weighted by atomic mass is 10.0. The molecule has 0 saturated heterocycles. The van der Waals surface area contributed by atoms with E-state index in [4.69, 9.17) is 4.84 Å². The van der Waals surface area contributed by atoms with Crippen LogP contribution in [0.5, 0.6) is 0 Å². The minimum Gasteiger partial charge on any atom is -0.382 e. The Bertz CT molecular complexity index is 731. The van der Waals surface area contributed by atoms with Crippen LogP contribution in [0.2, 0.25) is 0 Å². The van der Waals surface area contributed by atoms with Crippen LogP contribution in [0.4, 0.5) is 4.39 Å². The van der Waals surface area contributed by atoms with Crippen LogP contribution < -0.4 is 5.32 Å². The molecule has 0 aliphatic carbocycles. The average Bonchev–Trinajstić information content (AvgIpc) is 3.06. The van der Waals surface area contributed by atoms with Crippen molar-refractivity contribution in [3.63, 3.8) is 0 Å². The Balaban J connectivity index is 1.62. The van der Waals surface area contributed by atoms with E-state index < -0.39 is 6.10 Å². The fourth-order valence-corrected chi connectivity index (χ4v) is 2.50. The van der Waals surface area contributed by atoms with Gasteiger partial charge in [-0.15, -0.1) is 0 Å². The van der Waals surface area contributed by atoms with Crippen LogP contribution in [0.25, 0.3) is 0 Å². The van der Waals surface area contributed by atoms with Crippen molar-refractivity contribution < 1.29 is 14.0 Å². The fraction of sp³-hybridized carbons (Fsp3) is 0.222. The van der Waals surface area contributed by atoms with Crippen molar-refractivity contribution in [1.82, 2.24) is 5.32 Å². The standard InChI is InChI=1S/C18H17FN2O2/c1-12(13-7-3-2-4-8-13)20-18(22)17-11-16(21-23-17)14-9-5-6-10-15(14)19/h2-10,12,17H,11H2,1H3,(H,20,22)/t12-,17+/m1/s1. The first-order chi connectivity index (χ1) is 11.1. The lowest BCUT2D eigenvalue weighted by Crippen LogP contribution is -2.36. The van der Waals surface area contributed by atoms with E-state index in [0.717, 1.165) is 5.56 Å². The highest BCUT2D eigenvalue weighted by molar-refractivity contribution is 6.04. The number of benzene rings is 2. The number of hydrogen-bond donors (Lipinski definition) is 1. The van der Waals surface area contributed by atoms with Gasteiger partial charge in [0.2, 0.25) is 6.10 Å². The summed E-state index contributed by atoms with van der Waals surface area (Å²) in [6.45, 7) is 1.90. The van der Waals surface area contributed by atoms with E-state index in [1.807, 2.05) is 37.3 Å². The number of carbonyl (C=O) groups is 1. The summed E-state index contributed by atoms with van der Waals surface area (Å²) in [5.74, 6) is -0.620. The van der Waals surface area contributed by atoms with E-state index in [0.29, 0.717) is 11.3 Å². The molecule has 2 atom stereocenters. The summed E-state index contributed by atoms with van der Waals surface area (Å²) >= 11 is 0. The number of halogens is 1. The topological polar surface area (TPSA) is 50.7 Å². The van der Waals surface area contributed by atoms with Gasteiger partial charge in [-0.25, -0.2) is 4.39 Å². The van der Waals surface area contributed by atoms with Gasteiger partial charge in [-0.2, -0.15) is 0 Å².